The Bertz CT molecular complexity index is 28.1. The van der Waals surface area contributed by atoms with E-state index >= 15 is 0 Å². The third kappa shape index (κ3) is 4.75. The number of hydrogen-bond acceptors (Lipinski definition) is 0. The van der Waals surface area contributed by atoms with E-state index in [1.165, 1.54) is 12.3 Å². The molecule has 0 heterocycles. The van der Waals surface area contributed by atoms with Crippen LogP contribution in [0, 0.1) is 0 Å². The van der Waals surface area contributed by atoms with Gasteiger partial charge in [-0.25, -0.2) is 0 Å². The molecule has 0 aliphatic rings. The quantitative estimate of drug-likeness (QED) is 0.419. The zero-order chi connectivity index (χ0) is 4.12. The number of rotatable bonds is 2. The maximum absolute atomic E-state index is 3.61. The van der Waals surface area contributed by atoms with E-state index in [0.29, 0.717) is 20.1 Å². The van der Waals surface area contributed by atoms with Crippen LogP contribution in [0.2, 0.25) is 4.47 Å². The van der Waals surface area contributed by atoms with Crippen molar-refractivity contribution in [1.82, 2.24) is 0 Å². The summed E-state index contributed by atoms with van der Waals surface area (Å²) in [5, 5.41) is 0. The van der Waals surface area contributed by atoms with E-state index in [-0.39, 0.29) is 0 Å². The van der Waals surface area contributed by atoms with Crippen LogP contribution < -0.4 is 0 Å². The van der Waals surface area contributed by atoms with Crippen LogP contribution in [0.4, 0.5) is 0 Å². The minimum absolute atomic E-state index is 0.494. The van der Waals surface area contributed by atoms with Gasteiger partial charge in [0.2, 0.25) is 0 Å². The summed E-state index contributed by atoms with van der Waals surface area (Å²) in [6.07, 6.45) is 2.02. The van der Waals surface area contributed by atoms with Gasteiger partial charge in [0.1, 0.15) is 0 Å². The van der Waals surface area contributed by atoms with Crippen LogP contribution in [0.1, 0.15) is 0 Å². The van der Waals surface area contributed by atoms with Gasteiger partial charge in [0.25, 0.3) is 0 Å². The third-order valence-corrected chi connectivity index (χ3v) is 4.14. The average Bonchev–Trinajstić information content (AvgIpc) is 1.41. The second-order valence-electron chi connectivity index (χ2n) is 0.744. The molecule has 0 fully saturated rings. The second kappa shape index (κ2) is 4.75. The molecule has 2 heteroatoms. The Balaban J connectivity index is 2.40. The monoisotopic (exact) mass is 202 g/mol. The molecule has 5 heavy (non-hydrogen) atoms. The normalized spacial score (nSPS) is 8.00. The van der Waals surface area contributed by atoms with Gasteiger partial charge in [-0.1, -0.05) is 0 Å². The molecule has 0 radical (unpaired) electrons. The van der Waals surface area contributed by atoms with E-state index in [0.717, 1.165) is 0 Å². The van der Waals surface area contributed by atoms with Crippen molar-refractivity contribution in [1.29, 1.82) is 0 Å². The SMILES string of the molecule is C=CC[Te][SiH3]. The fraction of sp³-hybridized carbons (Fsp3) is 0.333. The summed E-state index contributed by atoms with van der Waals surface area (Å²) >= 11 is 0.494. The van der Waals surface area contributed by atoms with Crippen molar-refractivity contribution >= 4 is 27.9 Å². The summed E-state index contributed by atoms with van der Waals surface area (Å²) in [5.41, 5.74) is 0. The van der Waals surface area contributed by atoms with Crippen molar-refractivity contribution in [3.8, 4) is 0 Å². The molecule has 30 valence electrons. The van der Waals surface area contributed by atoms with E-state index in [1.807, 2.05) is 6.08 Å². The molecular formula is C3H8SiTe. The maximum atomic E-state index is 3.61. The summed E-state index contributed by atoms with van der Waals surface area (Å²) in [7, 11) is 1.46. The van der Waals surface area contributed by atoms with Crippen LogP contribution in [0.5, 0.6) is 0 Å². The van der Waals surface area contributed by atoms with Crippen molar-refractivity contribution in [3.63, 3.8) is 0 Å². The minimum atomic E-state index is 0.494. The molecular weight excluding hydrogens is 192 g/mol. The van der Waals surface area contributed by atoms with E-state index in [9.17, 15) is 0 Å². The van der Waals surface area contributed by atoms with Crippen molar-refractivity contribution in [2.24, 2.45) is 0 Å². The summed E-state index contributed by atoms with van der Waals surface area (Å²) < 4.78 is 1.34. The Kier molecular flexibility index (Phi) is 5.46. The van der Waals surface area contributed by atoms with Gasteiger partial charge in [0.05, 0.1) is 0 Å². The first-order valence-electron chi connectivity index (χ1n) is 1.51. The fourth-order valence-corrected chi connectivity index (χ4v) is 2.37. The van der Waals surface area contributed by atoms with Gasteiger partial charge < -0.3 is 0 Å². The van der Waals surface area contributed by atoms with Gasteiger partial charge in [-0.15, -0.1) is 0 Å². The first-order valence-corrected chi connectivity index (χ1v) is 11.0. The Labute approximate surface area is 45.2 Å². The molecule has 0 saturated carbocycles. The van der Waals surface area contributed by atoms with E-state index in [4.69, 9.17) is 0 Å². The van der Waals surface area contributed by atoms with Gasteiger partial charge in [-0.2, -0.15) is 0 Å². The Morgan fingerprint density at radius 1 is 2.00 bits per heavy atom. The van der Waals surface area contributed by atoms with Gasteiger partial charge in [0, 0.05) is 0 Å². The van der Waals surface area contributed by atoms with E-state index in [1.54, 1.807) is 0 Å². The molecule has 0 N–H and O–H groups in total. The molecule has 0 aliphatic heterocycles. The third-order valence-electron chi connectivity index (χ3n) is 0.285. The summed E-state index contributed by atoms with van der Waals surface area (Å²) in [6.45, 7) is 3.61. The average molecular weight is 200 g/mol. The van der Waals surface area contributed by atoms with Gasteiger partial charge in [0.15, 0.2) is 0 Å². The predicted molar refractivity (Wildman–Crippen MR) is 30.7 cm³/mol. The van der Waals surface area contributed by atoms with Crippen LogP contribution >= 0.6 is 0 Å². The Morgan fingerprint density at radius 3 is 2.60 bits per heavy atom. The zero-order valence-corrected chi connectivity index (χ0v) is 7.73. The van der Waals surface area contributed by atoms with Crippen LogP contribution in [0.3, 0.4) is 0 Å². The summed E-state index contributed by atoms with van der Waals surface area (Å²) in [4.78, 5) is 0. The standard InChI is InChI=1S/C3H8SiTe/c1-2-3-5-4/h2H,1,3H2,4H3. The van der Waals surface area contributed by atoms with Crippen LogP contribution in [-0.2, 0) is 0 Å². The molecule has 0 atom stereocenters. The first kappa shape index (κ1) is 5.75. The number of allylic oxidation sites excluding steroid dienone is 1. The molecule has 0 amide bonds. The molecule has 0 spiro atoms. The Morgan fingerprint density at radius 2 is 2.60 bits per heavy atom. The summed E-state index contributed by atoms with van der Waals surface area (Å²) in [5.74, 6) is 0. The molecule has 0 bridgehead atoms. The van der Waals surface area contributed by atoms with Crippen LogP contribution in [0.25, 0.3) is 0 Å². The molecule has 0 rings (SSSR count). The molecule has 0 aliphatic carbocycles. The molecule has 0 aromatic heterocycles. The van der Waals surface area contributed by atoms with Crippen molar-refractivity contribution in [2.75, 3.05) is 0 Å². The van der Waals surface area contributed by atoms with Gasteiger partial charge >= 0.3 is 45.0 Å². The fourth-order valence-electron chi connectivity index (χ4n) is 0.118. The first-order chi connectivity index (χ1) is 2.41. The van der Waals surface area contributed by atoms with Crippen molar-refractivity contribution in [2.45, 2.75) is 4.47 Å². The van der Waals surface area contributed by atoms with Gasteiger partial charge in [-0.3, -0.25) is 0 Å². The topological polar surface area (TPSA) is 0 Å². The van der Waals surface area contributed by atoms with Crippen molar-refractivity contribution < 1.29 is 0 Å². The van der Waals surface area contributed by atoms with Crippen molar-refractivity contribution in [3.05, 3.63) is 12.7 Å². The van der Waals surface area contributed by atoms with E-state index < -0.39 is 0 Å². The van der Waals surface area contributed by atoms with Crippen LogP contribution in [-0.4, -0.2) is 27.9 Å². The van der Waals surface area contributed by atoms with Crippen LogP contribution in [0.15, 0.2) is 12.7 Å². The number of hydrogen-bond donors (Lipinski definition) is 0. The molecule has 0 unspecified atom stereocenters. The summed E-state index contributed by atoms with van der Waals surface area (Å²) in [6, 6.07) is 0. The molecule has 0 nitrogen and oxygen atoms in total. The van der Waals surface area contributed by atoms with E-state index in [2.05, 4.69) is 6.58 Å². The Hall–Kier alpha value is 0.746. The molecule has 0 saturated heterocycles. The zero-order valence-electron chi connectivity index (χ0n) is 3.40. The molecule has 0 aromatic rings. The molecule has 0 aromatic carbocycles. The van der Waals surface area contributed by atoms with Gasteiger partial charge in [-0.05, 0) is 0 Å². The second-order valence-corrected chi connectivity index (χ2v) is 7.22. The predicted octanol–water partition coefficient (Wildman–Crippen LogP) is -0.425.